The van der Waals surface area contributed by atoms with Crippen LogP contribution in [0.4, 0.5) is 13.2 Å². The van der Waals surface area contributed by atoms with Crippen molar-refractivity contribution in [1.82, 2.24) is 0 Å². The molecule has 0 saturated carbocycles. The molecule has 166 valence electrons. The number of halogens is 3. The van der Waals surface area contributed by atoms with Crippen LogP contribution in [0.25, 0.3) is 22.3 Å². The van der Waals surface area contributed by atoms with Gasteiger partial charge in [0.25, 0.3) is 0 Å². The van der Waals surface area contributed by atoms with Crippen LogP contribution in [-0.2, 0) is 15.8 Å². The van der Waals surface area contributed by atoms with Crippen LogP contribution < -0.4 is 0 Å². The Morgan fingerprint density at radius 1 is 0.844 bits per heavy atom. The highest BCUT2D eigenvalue weighted by atomic mass is 19.2. The second-order valence-corrected chi connectivity index (χ2v) is 8.15. The van der Waals surface area contributed by atoms with Crippen molar-refractivity contribution in [2.45, 2.75) is 38.3 Å². The largest absolute Gasteiger partial charge is 0.352 e. The van der Waals surface area contributed by atoms with Crippen LogP contribution in [0.15, 0.2) is 54.6 Å². The van der Waals surface area contributed by atoms with Gasteiger partial charge in [0.2, 0.25) is 0 Å². The van der Waals surface area contributed by atoms with Gasteiger partial charge in [-0.05, 0) is 34.7 Å². The van der Waals surface area contributed by atoms with Gasteiger partial charge in [0.05, 0.1) is 13.2 Å². The zero-order valence-electron chi connectivity index (χ0n) is 18.3. The van der Waals surface area contributed by atoms with Crippen LogP contribution in [0.2, 0.25) is 0 Å². The third kappa shape index (κ3) is 4.62. The van der Waals surface area contributed by atoms with Crippen molar-refractivity contribution >= 4 is 7.85 Å². The lowest BCUT2D eigenvalue weighted by Crippen LogP contribution is -2.30. The third-order valence-corrected chi connectivity index (χ3v) is 6.01. The summed E-state index contributed by atoms with van der Waals surface area (Å²) in [5.74, 6) is -2.01. The first-order valence-electron chi connectivity index (χ1n) is 11.1. The average Bonchev–Trinajstić information content (AvgIpc) is 2.82. The summed E-state index contributed by atoms with van der Waals surface area (Å²) in [6.45, 7) is 3.10. The van der Waals surface area contributed by atoms with E-state index in [2.05, 4.69) is 6.92 Å². The van der Waals surface area contributed by atoms with Gasteiger partial charge in [-0.15, -0.1) is 0 Å². The molecule has 4 rings (SSSR count). The van der Waals surface area contributed by atoms with E-state index < -0.39 is 11.6 Å². The molecule has 0 bridgehead atoms. The van der Waals surface area contributed by atoms with Gasteiger partial charge in [-0.25, -0.2) is 13.2 Å². The summed E-state index contributed by atoms with van der Waals surface area (Å²) in [6.07, 6.45) is 2.10. The van der Waals surface area contributed by atoms with Crippen LogP contribution in [0.5, 0.6) is 0 Å². The van der Waals surface area contributed by atoms with E-state index in [4.69, 9.17) is 9.47 Å². The Labute approximate surface area is 187 Å². The number of ether oxygens (including phenoxy) is 2. The zero-order valence-corrected chi connectivity index (χ0v) is 18.3. The molecule has 3 aromatic rings. The molecule has 0 radical (unpaired) electrons. The van der Waals surface area contributed by atoms with Gasteiger partial charge >= 0.3 is 0 Å². The lowest BCUT2D eigenvalue weighted by atomic mass is 9.93. The Balaban J connectivity index is 1.52. The summed E-state index contributed by atoms with van der Waals surface area (Å²) >= 11 is 0. The van der Waals surface area contributed by atoms with Crippen molar-refractivity contribution in [2.24, 2.45) is 0 Å². The van der Waals surface area contributed by atoms with E-state index in [0.717, 1.165) is 18.4 Å². The number of benzene rings is 3. The fourth-order valence-corrected chi connectivity index (χ4v) is 4.07. The molecule has 0 N–H and O–H groups in total. The predicted octanol–water partition coefficient (Wildman–Crippen LogP) is 5.83. The first kappa shape index (κ1) is 22.6. The molecule has 3 aromatic carbocycles. The molecular weight excluding hydrogens is 412 g/mol. The molecule has 1 saturated heterocycles. The van der Waals surface area contributed by atoms with Crippen molar-refractivity contribution in [1.29, 1.82) is 0 Å². The Bertz CT molecular complexity index is 1080. The maximum atomic E-state index is 14.9. The molecule has 1 heterocycles. The Morgan fingerprint density at radius 2 is 1.47 bits per heavy atom. The maximum Gasteiger partial charge on any atom is 0.166 e. The van der Waals surface area contributed by atoms with Crippen LogP contribution in [0.3, 0.4) is 0 Å². The molecule has 2 nitrogen and oxygen atoms in total. The second-order valence-electron chi connectivity index (χ2n) is 8.15. The van der Waals surface area contributed by atoms with Gasteiger partial charge in [-0.1, -0.05) is 68.2 Å². The van der Waals surface area contributed by atoms with E-state index in [9.17, 15) is 13.2 Å². The van der Waals surface area contributed by atoms with E-state index in [-0.39, 0.29) is 23.6 Å². The van der Waals surface area contributed by atoms with Gasteiger partial charge in [0.15, 0.2) is 17.9 Å². The van der Waals surface area contributed by atoms with Crippen molar-refractivity contribution in [3.63, 3.8) is 0 Å². The summed E-state index contributed by atoms with van der Waals surface area (Å²) in [6, 6.07) is 15.2. The fourth-order valence-electron chi connectivity index (χ4n) is 4.07. The van der Waals surface area contributed by atoms with E-state index in [0.29, 0.717) is 41.8 Å². The van der Waals surface area contributed by atoms with Gasteiger partial charge in [0.1, 0.15) is 13.7 Å². The highest BCUT2D eigenvalue weighted by molar-refractivity contribution is 6.08. The Kier molecular flexibility index (Phi) is 7.02. The molecule has 1 aliphatic heterocycles. The van der Waals surface area contributed by atoms with Crippen molar-refractivity contribution in [3.8, 4) is 22.3 Å². The summed E-state index contributed by atoms with van der Waals surface area (Å²) < 4.78 is 55.0. The quantitative estimate of drug-likeness (QED) is 0.451. The monoisotopic (exact) mass is 438 g/mol. The van der Waals surface area contributed by atoms with Crippen molar-refractivity contribution < 1.29 is 22.6 Å². The number of hydrogen-bond acceptors (Lipinski definition) is 2. The van der Waals surface area contributed by atoms with Crippen LogP contribution in [-0.4, -0.2) is 27.4 Å². The standard InChI is InChI=1S/C26H26BF3O2/c1-2-3-24-31-14-20(15-32-24)18-8-10-21(23(28)12-18)16-4-6-17(7-5-16)22-11-9-19(13-27)25(29)26(22)30/h4-12,20,24H,2-3,13-15,27H2,1H3. The van der Waals surface area contributed by atoms with E-state index in [1.54, 1.807) is 50.3 Å². The minimum absolute atomic E-state index is 0.00186. The lowest BCUT2D eigenvalue weighted by Gasteiger charge is -2.29. The molecule has 0 aliphatic carbocycles. The molecule has 32 heavy (non-hydrogen) atoms. The molecule has 0 amide bonds. The van der Waals surface area contributed by atoms with Gasteiger partial charge in [-0.3, -0.25) is 0 Å². The first-order chi connectivity index (χ1) is 15.5. The molecule has 0 unspecified atom stereocenters. The molecule has 0 spiro atoms. The topological polar surface area (TPSA) is 18.5 Å². The number of hydrogen-bond donors (Lipinski definition) is 0. The van der Waals surface area contributed by atoms with E-state index in [1.807, 2.05) is 6.07 Å². The molecule has 6 heteroatoms. The minimum atomic E-state index is -0.856. The first-order valence-corrected chi connectivity index (χ1v) is 11.1. The smallest absolute Gasteiger partial charge is 0.166 e. The lowest BCUT2D eigenvalue weighted by molar-refractivity contribution is -0.189. The highest BCUT2D eigenvalue weighted by Crippen LogP contribution is 2.32. The summed E-state index contributed by atoms with van der Waals surface area (Å²) in [7, 11) is 1.78. The van der Waals surface area contributed by atoms with Crippen molar-refractivity contribution in [3.05, 3.63) is 83.2 Å². The second kappa shape index (κ2) is 9.93. The zero-order chi connectivity index (χ0) is 22.7. The highest BCUT2D eigenvalue weighted by Gasteiger charge is 2.24. The third-order valence-electron chi connectivity index (χ3n) is 6.01. The summed E-state index contributed by atoms with van der Waals surface area (Å²) in [5, 5.41) is 0. The fraction of sp³-hybridized carbons (Fsp3) is 0.308. The van der Waals surface area contributed by atoms with Gasteiger partial charge < -0.3 is 9.47 Å². The summed E-state index contributed by atoms with van der Waals surface area (Å²) in [5.41, 5.74) is 3.05. The van der Waals surface area contributed by atoms with Gasteiger partial charge in [-0.2, -0.15) is 0 Å². The molecule has 1 fully saturated rings. The minimum Gasteiger partial charge on any atom is -0.352 e. The Hall–Kier alpha value is -2.57. The molecule has 0 atom stereocenters. The van der Waals surface area contributed by atoms with Crippen LogP contribution >= 0.6 is 0 Å². The van der Waals surface area contributed by atoms with Crippen LogP contribution in [0.1, 0.15) is 36.8 Å². The maximum absolute atomic E-state index is 14.9. The Morgan fingerprint density at radius 3 is 2.06 bits per heavy atom. The van der Waals surface area contributed by atoms with E-state index >= 15 is 0 Å². The SMILES string of the molecule is BCc1ccc(-c2ccc(-c3ccc(C4COC(CCC)OC4)cc3F)cc2)c(F)c1F. The van der Waals surface area contributed by atoms with Crippen LogP contribution in [0, 0.1) is 17.5 Å². The molecule has 0 aromatic heterocycles. The molecular formula is C26H26BF3O2. The summed E-state index contributed by atoms with van der Waals surface area (Å²) in [4.78, 5) is 0. The normalized spacial score (nSPS) is 18.6. The van der Waals surface area contributed by atoms with Crippen molar-refractivity contribution in [2.75, 3.05) is 13.2 Å². The van der Waals surface area contributed by atoms with Gasteiger partial charge in [0, 0.05) is 17.0 Å². The number of rotatable bonds is 6. The van der Waals surface area contributed by atoms with E-state index in [1.165, 1.54) is 6.07 Å². The average molecular weight is 438 g/mol. The molecule has 1 aliphatic rings. The predicted molar refractivity (Wildman–Crippen MR) is 123 cm³/mol.